The van der Waals surface area contributed by atoms with Crippen LogP contribution in [-0.2, 0) is 0 Å². The highest BCUT2D eigenvalue weighted by Gasteiger charge is 2.03. The molecule has 1 aromatic rings. The van der Waals surface area contributed by atoms with Crippen molar-refractivity contribution in [2.24, 2.45) is 5.73 Å². The van der Waals surface area contributed by atoms with Crippen molar-refractivity contribution in [3.8, 4) is 6.07 Å². The van der Waals surface area contributed by atoms with E-state index in [0.29, 0.717) is 5.70 Å². The molecule has 0 amide bonds. The number of allylic oxidation sites excluding steroid dienone is 1. The van der Waals surface area contributed by atoms with Gasteiger partial charge in [0.05, 0.1) is 11.8 Å². The maximum Gasteiger partial charge on any atom is 0.0933 e. The molecule has 0 bridgehead atoms. The van der Waals surface area contributed by atoms with Gasteiger partial charge >= 0.3 is 0 Å². The molecule has 0 radical (unpaired) electrons. The Morgan fingerprint density at radius 3 is 2.92 bits per heavy atom. The lowest BCUT2D eigenvalue weighted by molar-refractivity contribution is 1.38. The van der Waals surface area contributed by atoms with Crippen LogP contribution in [0.2, 0.25) is 0 Å². The second-order valence-corrected chi connectivity index (χ2v) is 3.46. The molecule has 0 aliphatic rings. The van der Waals surface area contributed by atoms with Crippen LogP contribution in [0.25, 0.3) is 5.70 Å². The molecule has 66 valence electrons. The van der Waals surface area contributed by atoms with Gasteiger partial charge in [0.2, 0.25) is 0 Å². The molecule has 2 N–H and O–H groups in total. The Morgan fingerprint density at radius 1 is 1.62 bits per heavy atom. The quantitative estimate of drug-likeness (QED) is 0.763. The number of rotatable bonds is 1. The molecule has 0 fully saturated rings. The Balaban J connectivity index is 3.25. The summed E-state index contributed by atoms with van der Waals surface area (Å²) < 4.78 is 0.944. The molecule has 3 heteroatoms. The summed E-state index contributed by atoms with van der Waals surface area (Å²) in [5.41, 5.74) is 8.13. The molecule has 0 atom stereocenters. The zero-order chi connectivity index (χ0) is 9.84. The molecule has 0 aromatic heterocycles. The van der Waals surface area contributed by atoms with E-state index in [4.69, 9.17) is 11.0 Å². The fourth-order valence-corrected chi connectivity index (χ4v) is 1.51. The number of benzene rings is 1. The summed E-state index contributed by atoms with van der Waals surface area (Å²) in [5.74, 6) is 0. The first-order chi connectivity index (χ1) is 6.16. The average Bonchev–Trinajstić information content (AvgIpc) is 2.10. The predicted octanol–water partition coefficient (Wildman–Crippen LogP) is 2.58. The molecule has 0 spiro atoms. The van der Waals surface area contributed by atoms with E-state index in [1.54, 1.807) is 0 Å². The fourth-order valence-electron chi connectivity index (χ4n) is 1.02. The van der Waals surface area contributed by atoms with E-state index in [0.717, 1.165) is 15.6 Å². The first-order valence-electron chi connectivity index (χ1n) is 3.77. The monoisotopic (exact) mass is 236 g/mol. The first-order valence-corrected chi connectivity index (χ1v) is 4.57. The number of halogens is 1. The summed E-state index contributed by atoms with van der Waals surface area (Å²) in [6.45, 7) is 1.98. The molecule has 1 aromatic carbocycles. The highest BCUT2D eigenvalue weighted by molar-refractivity contribution is 9.10. The van der Waals surface area contributed by atoms with Gasteiger partial charge in [0.15, 0.2) is 0 Å². The van der Waals surface area contributed by atoms with Crippen LogP contribution in [0.15, 0.2) is 28.7 Å². The molecule has 13 heavy (non-hydrogen) atoms. The van der Waals surface area contributed by atoms with Gasteiger partial charge in [-0.1, -0.05) is 18.2 Å². The summed E-state index contributed by atoms with van der Waals surface area (Å²) >= 11 is 3.42. The summed E-state index contributed by atoms with van der Waals surface area (Å²) in [6, 6.07) is 7.67. The largest absolute Gasteiger partial charge is 0.398 e. The molecular formula is C10H9BrN2. The first kappa shape index (κ1) is 9.82. The summed E-state index contributed by atoms with van der Waals surface area (Å²) in [6.07, 6.45) is 1.33. The van der Waals surface area contributed by atoms with Gasteiger partial charge in [-0.3, -0.25) is 0 Å². The average molecular weight is 237 g/mol. The zero-order valence-electron chi connectivity index (χ0n) is 7.21. The minimum absolute atomic E-state index is 0.484. The van der Waals surface area contributed by atoms with Crippen molar-refractivity contribution in [1.82, 2.24) is 0 Å². The number of nitriles is 1. The van der Waals surface area contributed by atoms with Crippen LogP contribution in [-0.4, -0.2) is 0 Å². The number of nitrogens with two attached hydrogens (primary N) is 1. The molecule has 2 nitrogen and oxygen atoms in total. The Kier molecular flexibility index (Phi) is 3.10. The van der Waals surface area contributed by atoms with Crippen LogP contribution in [0.4, 0.5) is 0 Å². The standard InChI is InChI=1S/C10H9BrN2/c1-7-3-2-4-8(10(7)11)9(13)5-6-12/h2-5H,13H2,1H3/b9-5-. The van der Waals surface area contributed by atoms with Crippen molar-refractivity contribution in [3.63, 3.8) is 0 Å². The topological polar surface area (TPSA) is 49.8 Å². The minimum atomic E-state index is 0.484. The van der Waals surface area contributed by atoms with Gasteiger partial charge in [-0.15, -0.1) is 0 Å². The summed E-state index contributed by atoms with van der Waals surface area (Å²) in [7, 11) is 0. The molecule has 0 aliphatic carbocycles. The van der Waals surface area contributed by atoms with E-state index in [9.17, 15) is 0 Å². The van der Waals surface area contributed by atoms with E-state index in [-0.39, 0.29) is 0 Å². The SMILES string of the molecule is Cc1cccc(/C(N)=C/C#N)c1Br. The van der Waals surface area contributed by atoms with Gasteiger partial charge in [0.25, 0.3) is 0 Å². The molecule has 0 saturated heterocycles. The maximum absolute atomic E-state index is 8.44. The summed E-state index contributed by atoms with van der Waals surface area (Å²) in [4.78, 5) is 0. The second kappa shape index (κ2) is 4.11. The zero-order valence-corrected chi connectivity index (χ0v) is 8.80. The lowest BCUT2D eigenvalue weighted by atomic mass is 10.1. The van der Waals surface area contributed by atoms with E-state index in [2.05, 4.69) is 15.9 Å². The fraction of sp³-hybridized carbons (Fsp3) is 0.100. The molecule has 0 unspecified atom stereocenters. The van der Waals surface area contributed by atoms with Crippen LogP contribution in [0.1, 0.15) is 11.1 Å². The predicted molar refractivity (Wildman–Crippen MR) is 56.7 cm³/mol. The van der Waals surface area contributed by atoms with Crippen LogP contribution in [0.3, 0.4) is 0 Å². The van der Waals surface area contributed by atoms with Crippen molar-refractivity contribution >= 4 is 21.6 Å². The van der Waals surface area contributed by atoms with Crippen LogP contribution >= 0.6 is 15.9 Å². The van der Waals surface area contributed by atoms with Gasteiger partial charge in [-0.05, 0) is 28.4 Å². The third kappa shape index (κ3) is 2.10. The van der Waals surface area contributed by atoms with E-state index < -0.39 is 0 Å². The molecular weight excluding hydrogens is 228 g/mol. The van der Waals surface area contributed by atoms with Crippen molar-refractivity contribution < 1.29 is 0 Å². The normalized spacial score (nSPS) is 11.0. The van der Waals surface area contributed by atoms with Crippen molar-refractivity contribution in [3.05, 3.63) is 39.9 Å². The third-order valence-corrected chi connectivity index (χ3v) is 2.78. The molecule has 0 aliphatic heterocycles. The van der Waals surface area contributed by atoms with Crippen LogP contribution < -0.4 is 5.73 Å². The van der Waals surface area contributed by atoms with Crippen LogP contribution in [0, 0.1) is 18.3 Å². The van der Waals surface area contributed by atoms with Gasteiger partial charge < -0.3 is 5.73 Å². The Bertz CT molecular complexity index is 388. The second-order valence-electron chi connectivity index (χ2n) is 2.67. The number of hydrogen-bond acceptors (Lipinski definition) is 2. The van der Waals surface area contributed by atoms with E-state index >= 15 is 0 Å². The van der Waals surface area contributed by atoms with Crippen molar-refractivity contribution in [1.29, 1.82) is 5.26 Å². The summed E-state index contributed by atoms with van der Waals surface area (Å²) in [5, 5.41) is 8.44. The Hall–Kier alpha value is -1.27. The molecule has 0 saturated carbocycles. The Morgan fingerprint density at radius 2 is 2.31 bits per heavy atom. The smallest absolute Gasteiger partial charge is 0.0933 e. The van der Waals surface area contributed by atoms with E-state index in [1.165, 1.54) is 6.08 Å². The Labute approximate surface area is 85.8 Å². The number of hydrogen-bond donors (Lipinski definition) is 1. The third-order valence-electron chi connectivity index (χ3n) is 1.72. The lowest BCUT2D eigenvalue weighted by Crippen LogP contribution is -1.97. The van der Waals surface area contributed by atoms with Crippen molar-refractivity contribution in [2.45, 2.75) is 6.92 Å². The van der Waals surface area contributed by atoms with Gasteiger partial charge in [0.1, 0.15) is 0 Å². The van der Waals surface area contributed by atoms with Gasteiger partial charge in [0, 0.05) is 16.1 Å². The highest BCUT2D eigenvalue weighted by atomic mass is 79.9. The highest BCUT2D eigenvalue weighted by Crippen LogP contribution is 2.24. The maximum atomic E-state index is 8.44. The number of nitrogens with zero attached hydrogens (tertiary/aromatic N) is 1. The van der Waals surface area contributed by atoms with Gasteiger partial charge in [-0.25, -0.2) is 0 Å². The molecule has 0 heterocycles. The van der Waals surface area contributed by atoms with Crippen LogP contribution in [0.5, 0.6) is 0 Å². The lowest BCUT2D eigenvalue weighted by Gasteiger charge is -2.05. The van der Waals surface area contributed by atoms with E-state index in [1.807, 2.05) is 31.2 Å². The van der Waals surface area contributed by atoms with Crippen molar-refractivity contribution in [2.75, 3.05) is 0 Å². The molecule has 1 rings (SSSR count). The minimum Gasteiger partial charge on any atom is -0.398 e. The number of aryl methyl sites for hydroxylation is 1. The van der Waals surface area contributed by atoms with Gasteiger partial charge in [-0.2, -0.15) is 5.26 Å².